The predicted molar refractivity (Wildman–Crippen MR) is 85.3 cm³/mol. The molecule has 1 aliphatic heterocycles. The lowest BCUT2D eigenvalue weighted by atomic mass is 10.2. The van der Waals surface area contributed by atoms with Gasteiger partial charge in [-0.3, -0.25) is 0 Å². The van der Waals surface area contributed by atoms with Crippen LogP contribution in [0.3, 0.4) is 0 Å². The monoisotopic (exact) mass is 325 g/mol. The molecule has 1 aliphatic rings. The van der Waals surface area contributed by atoms with Crippen LogP contribution >= 0.6 is 11.8 Å². The van der Waals surface area contributed by atoms with Crippen LogP contribution in [0, 0.1) is 11.3 Å². The van der Waals surface area contributed by atoms with Crippen molar-refractivity contribution in [2.75, 3.05) is 18.4 Å². The molecule has 23 heavy (non-hydrogen) atoms. The Balaban J connectivity index is 1.84. The van der Waals surface area contributed by atoms with Crippen LogP contribution in [0.2, 0.25) is 0 Å². The van der Waals surface area contributed by atoms with E-state index in [0.717, 1.165) is 5.69 Å². The zero-order valence-corrected chi connectivity index (χ0v) is 12.9. The minimum absolute atomic E-state index is 0.220. The number of anilines is 2. The number of nitrogens with zero attached hydrogens (tertiary/aromatic N) is 4. The summed E-state index contributed by atoms with van der Waals surface area (Å²) in [4.78, 5) is 4.44. The number of hydrogen-bond donors (Lipinski definition) is 1. The Morgan fingerprint density at radius 2 is 2.17 bits per heavy atom. The molecule has 0 radical (unpaired) electrons. The van der Waals surface area contributed by atoms with Gasteiger partial charge in [0.05, 0.1) is 6.20 Å². The number of thioether (sulfide) groups is 1. The van der Waals surface area contributed by atoms with E-state index in [1.807, 2.05) is 24.5 Å². The molecule has 0 unspecified atom stereocenters. The van der Waals surface area contributed by atoms with Gasteiger partial charge >= 0.3 is 0 Å². The number of aromatic nitrogens is 3. The number of fused-ring (bicyclic) bond motifs is 2. The van der Waals surface area contributed by atoms with Gasteiger partial charge in [0, 0.05) is 17.8 Å². The average Bonchev–Trinajstić information content (AvgIpc) is 3.22. The minimum Gasteiger partial charge on any atom is -0.454 e. The Morgan fingerprint density at radius 1 is 1.30 bits per heavy atom. The number of ether oxygens (including phenoxy) is 2. The standard InChI is InChI=1S/C15H11N5O2S/c1-23-15-10(7-16)14(20-13(19-15)4-5-17-20)18-9-2-3-11-12(6-9)22-8-21-11/h2-6,18H,8H2,1H3. The quantitative estimate of drug-likeness (QED) is 0.585. The first-order valence-electron chi connectivity index (χ1n) is 6.78. The average molecular weight is 325 g/mol. The van der Waals surface area contributed by atoms with E-state index in [-0.39, 0.29) is 6.79 Å². The van der Waals surface area contributed by atoms with Crippen molar-refractivity contribution in [3.05, 3.63) is 36.0 Å². The second-order valence-corrected chi connectivity index (χ2v) is 5.55. The van der Waals surface area contributed by atoms with Gasteiger partial charge in [0.15, 0.2) is 23.0 Å². The molecule has 2 aromatic heterocycles. The topological polar surface area (TPSA) is 84.5 Å². The van der Waals surface area contributed by atoms with Gasteiger partial charge in [0.2, 0.25) is 6.79 Å². The maximum Gasteiger partial charge on any atom is 0.231 e. The highest BCUT2D eigenvalue weighted by Gasteiger charge is 2.18. The van der Waals surface area contributed by atoms with E-state index in [4.69, 9.17) is 9.47 Å². The fraction of sp³-hybridized carbons (Fsp3) is 0.133. The van der Waals surface area contributed by atoms with E-state index in [9.17, 15) is 5.26 Å². The van der Waals surface area contributed by atoms with Gasteiger partial charge in [-0.2, -0.15) is 14.9 Å². The lowest BCUT2D eigenvalue weighted by molar-refractivity contribution is 0.174. The Kier molecular flexibility index (Phi) is 3.20. The fourth-order valence-corrected chi connectivity index (χ4v) is 2.93. The summed E-state index contributed by atoms with van der Waals surface area (Å²) in [5, 5.41) is 17.7. The molecule has 0 bridgehead atoms. The van der Waals surface area contributed by atoms with Crippen LogP contribution < -0.4 is 14.8 Å². The summed E-state index contributed by atoms with van der Waals surface area (Å²) < 4.78 is 12.3. The van der Waals surface area contributed by atoms with Crippen LogP contribution in [0.4, 0.5) is 11.5 Å². The highest BCUT2D eigenvalue weighted by molar-refractivity contribution is 7.98. The van der Waals surface area contributed by atoms with Crippen LogP contribution in [-0.4, -0.2) is 27.6 Å². The molecule has 0 amide bonds. The first-order chi connectivity index (χ1) is 11.3. The van der Waals surface area contributed by atoms with Crippen molar-refractivity contribution < 1.29 is 9.47 Å². The van der Waals surface area contributed by atoms with Crippen molar-refractivity contribution in [1.29, 1.82) is 5.26 Å². The van der Waals surface area contributed by atoms with E-state index >= 15 is 0 Å². The number of benzene rings is 1. The summed E-state index contributed by atoms with van der Waals surface area (Å²) in [5.41, 5.74) is 1.91. The highest BCUT2D eigenvalue weighted by Crippen LogP contribution is 2.36. The zero-order valence-electron chi connectivity index (χ0n) is 12.1. The van der Waals surface area contributed by atoms with Gasteiger partial charge < -0.3 is 14.8 Å². The SMILES string of the molecule is CSc1nc2ccnn2c(Nc2ccc3c(c2)OCO3)c1C#N. The summed E-state index contributed by atoms with van der Waals surface area (Å²) >= 11 is 1.42. The van der Waals surface area contributed by atoms with E-state index in [1.165, 1.54) is 11.8 Å². The molecule has 3 heterocycles. The molecule has 0 spiro atoms. The smallest absolute Gasteiger partial charge is 0.231 e. The van der Waals surface area contributed by atoms with E-state index in [1.54, 1.807) is 16.8 Å². The summed E-state index contributed by atoms with van der Waals surface area (Å²) in [7, 11) is 0. The molecule has 0 fully saturated rings. The molecular weight excluding hydrogens is 314 g/mol. The number of nitriles is 1. The summed E-state index contributed by atoms with van der Waals surface area (Å²) in [6.45, 7) is 0.220. The summed E-state index contributed by atoms with van der Waals surface area (Å²) in [5.74, 6) is 1.95. The lowest BCUT2D eigenvalue weighted by Gasteiger charge is -2.12. The van der Waals surface area contributed by atoms with Gasteiger partial charge in [0.1, 0.15) is 16.7 Å². The molecular formula is C15H11N5O2S. The second-order valence-electron chi connectivity index (χ2n) is 4.75. The lowest BCUT2D eigenvalue weighted by Crippen LogP contribution is -2.06. The normalized spacial score (nSPS) is 12.3. The van der Waals surface area contributed by atoms with Gasteiger partial charge in [-0.15, -0.1) is 11.8 Å². The second kappa shape index (κ2) is 5.37. The van der Waals surface area contributed by atoms with Gasteiger partial charge in [-0.1, -0.05) is 0 Å². The third kappa shape index (κ3) is 2.22. The number of rotatable bonds is 3. The molecule has 4 rings (SSSR count). The van der Waals surface area contributed by atoms with Crippen LogP contribution in [0.25, 0.3) is 5.65 Å². The third-order valence-electron chi connectivity index (χ3n) is 3.44. The molecule has 114 valence electrons. The van der Waals surface area contributed by atoms with Crippen LogP contribution in [0.15, 0.2) is 35.5 Å². The fourth-order valence-electron chi connectivity index (χ4n) is 2.40. The van der Waals surface area contributed by atoms with Crippen molar-refractivity contribution in [2.45, 2.75) is 5.03 Å². The molecule has 0 saturated heterocycles. The molecule has 0 aliphatic carbocycles. The van der Waals surface area contributed by atoms with Crippen LogP contribution in [-0.2, 0) is 0 Å². The first-order valence-corrected chi connectivity index (χ1v) is 8.01. The maximum absolute atomic E-state index is 9.53. The Bertz CT molecular complexity index is 947. The minimum atomic E-state index is 0.220. The Hall–Kier alpha value is -2.92. The van der Waals surface area contributed by atoms with Crippen LogP contribution in [0.1, 0.15) is 5.56 Å². The third-order valence-corrected chi connectivity index (χ3v) is 4.12. The van der Waals surface area contributed by atoms with Crippen molar-refractivity contribution >= 4 is 28.9 Å². The molecule has 8 heteroatoms. The van der Waals surface area contributed by atoms with Crippen molar-refractivity contribution in [2.24, 2.45) is 0 Å². The molecule has 1 N–H and O–H groups in total. The maximum atomic E-state index is 9.53. The Labute approximate surface area is 135 Å². The molecule has 0 saturated carbocycles. The Morgan fingerprint density at radius 3 is 3.00 bits per heavy atom. The highest BCUT2D eigenvalue weighted by atomic mass is 32.2. The van der Waals surface area contributed by atoms with Gasteiger partial charge in [-0.25, -0.2) is 4.98 Å². The van der Waals surface area contributed by atoms with Gasteiger partial charge in [0.25, 0.3) is 0 Å². The van der Waals surface area contributed by atoms with Crippen molar-refractivity contribution in [3.8, 4) is 17.6 Å². The molecule has 3 aromatic rings. The molecule has 1 aromatic carbocycles. The summed E-state index contributed by atoms with van der Waals surface area (Å²) in [6.07, 6.45) is 3.54. The van der Waals surface area contributed by atoms with Gasteiger partial charge in [-0.05, 0) is 18.4 Å². The number of nitrogens with one attached hydrogen (secondary N) is 1. The number of hydrogen-bond acceptors (Lipinski definition) is 7. The first kappa shape index (κ1) is 13.7. The van der Waals surface area contributed by atoms with Crippen molar-refractivity contribution in [1.82, 2.24) is 14.6 Å². The predicted octanol–water partition coefficient (Wildman–Crippen LogP) is 2.80. The largest absolute Gasteiger partial charge is 0.454 e. The van der Waals surface area contributed by atoms with E-state index in [0.29, 0.717) is 33.6 Å². The van der Waals surface area contributed by atoms with Crippen LogP contribution in [0.5, 0.6) is 11.5 Å². The summed E-state index contributed by atoms with van der Waals surface area (Å²) in [6, 6.07) is 9.53. The molecule has 0 atom stereocenters. The zero-order chi connectivity index (χ0) is 15.8. The van der Waals surface area contributed by atoms with Crippen molar-refractivity contribution in [3.63, 3.8) is 0 Å². The van der Waals surface area contributed by atoms with E-state index in [2.05, 4.69) is 21.5 Å². The molecule has 7 nitrogen and oxygen atoms in total. The van der Waals surface area contributed by atoms with E-state index < -0.39 is 0 Å².